The Balaban J connectivity index is 2.60. The van der Waals surface area contributed by atoms with Crippen molar-refractivity contribution in [3.8, 4) is 5.75 Å². The van der Waals surface area contributed by atoms with Crippen LogP contribution >= 0.6 is 0 Å². The molecule has 1 aromatic carbocycles. The molecule has 5 heteroatoms. The molecule has 1 rings (SSSR count). The number of nitrogens with two attached hydrogens (primary N) is 1. The number of rotatable bonds is 4. The van der Waals surface area contributed by atoms with Gasteiger partial charge in [0.2, 0.25) is 6.29 Å². The van der Waals surface area contributed by atoms with E-state index in [1.807, 2.05) is 19.1 Å². The van der Waals surface area contributed by atoms with Crippen molar-refractivity contribution >= 4 is 6.09 Å². The Morgan fingerprint density at radius 1 is 1.44 bits per heavy atom. The summed E-state index contributed by atoms with van der Waals surface area (Å²) in [7, 11) is 0. The van der Waals surface area contributed by atoms with E-state index in [2.05, 4.69) is 4.74 Å². The number of aryl methyl sites for hydroxylation is 1. The highest BCUT2D eigenvalue weighted by Gasteiger charge is 2.19. The molecule has 16 heavy (non-hydrogen) atoms. The van der Waals surface area contributed by atoms with Crippen LogP contribution < -0.4 is 10.5 Å². The molecule has 0 aliphatic heterocycles. The molecule has 0 saturated carbocycles. The Morgan fingerprint density at radius 2 is 2.06 bits per heavy atom. The lowest BCUT2D eigenvalue weighted by atomic mass is 10.2. The van der Waals surface area contributed by atoms with Gasteiger partial charge in [-0.25, -0.2) is 4.79 Å². The molecule has 1 aromatic rings. The van der Waals surface area contributed by atoms with Crippen molar-refractivity contribution in [1.29, 1.82) is 0 Å². The zero-order valence-corrected chi connectivity index (χ0v) is 9.21. The Kier molecular flexibility index (Phi) is 4.13. The first kappa shape index (κ1) is 12.3. The van der Waals surface area contributed by atoms with Crippen LogP contribution in [0, 0.1) is 6.92 Å². The van der Waals surface area contributed by atoms with Gasteiger partial charge in [0.15, 0.2) is 6.10 Å². The molecular formula is C11H15NO4. The first-order valence-corrected chi connectivity index (χ1v) is 4.87. The molecule has 0 heterocycles. The molecule has 0 spiro atoms. The summed E-state index contributed by atoms with van der Waals surface area (Å²) in [6, 6.07) is 7.21. The number of primary amides is 1. The second kappa shape index (κ2) is 5.37. The summed E-state index contributed by atoms with van der Waals surface area (Å²) >= 11 is 0. The fraction of sp³-hybridized carbons (Fsp3) is 0.364. The third-order valence-electron chi connectivity index (χ3n) is 2.04. The lowest BCUT2D eigenvalue weighted by Gasteiger charge is -2.20. The van der Waals surface area contributed by atoms with Crippen LogP contribution in [-0.4, -0.2) is 23.6 Å². The van der Waals surface area contributed by atoms with Gasteiger partial charge in [-0.15, -0.1) is 0 Å². The highest BCUT2D eigenvalue weighted by atomic mass is 16.6. The largest absolute Gasteiger partial charge is 0.461 e. The van der Waals surface area contributed by atoms with E-state index in [4.69, 9.17) is 10.5 Å². The van der Waals surface area contributed by atoms with Gasteiger partial charge in [-0.3, -0.25) is 0 Å². The molecule has 0 radical (unpaired) electrons. The van der Waals surface area contributed by atoms with E-state index in [9.17, 15) is 9.90 Å². The maximum absolute atomic E-state index is 10.5. The number of amides is 1. The summed E-state index contributed by atoms with van der Waals surface area (Å²) in [6.45, 7) is 3.34. The average Bonchev–Trinajstić information content (AvgIpc) is 2.20. The zero-order valence-electron chi connectivity index (χ0n) is 9.21. The number of para-hydroxylation sites is 1. The van der Waals surface area contributed by atoms with E-state index in [1.165, 1.54) is 6.92 Å². The van der Waals surface area contributed by atoms with Crippen LogP contribution in [0.25, 0.3) is 0 Å². The van der Waals surface area contributed by atoms with Crippen LogP contribution in [0.4, 0.5) is 4.79 Å². The van der Waals surface area contributed by atoms with Crippen molar-refractivity contribution < 1.29 is 19.4 Å². The number of hydrogen-bond acceptors (Lipinski definition) is 4. The number of ether oxygens (including phenoxy) is 2. The first-order chi connectivity index (χ1) is 7.50. The highest BCUT2D eigenvalue weighted by molar-refractivity contribution is 5.64. The number of benzene rings is 1. The zero-order chi connectivity index (χ0) is 12.1. The summed E-state index contributed by atoms with van der Waals surface area (Å²) in [5.74, 6) is 0.537. The SMILES string of the molecule is Cc1ccccc1O[C@@H](O)[C@@H](C)OC(N)=O. The molecule has 2 atom stereocenters. The fourth-order valence-electron chi connectivity index (χ4n) is 1.16. The molecule has 3 N–H and O–H groups in total. The number of aliphatic hydroxyl groups excluding tert-OH is 1. The van der Waals surface area contributed by atoms with Crippen LogP contribution in [0.2, 0.25) is 0 Å². The van der Waals surface area contributed by atoms with Gasteiger partial charge in [-0.2, -0.15) is 0 Å². The average molecular weight is 225 g/mol. The quantitative estimate of drug-likeness (QED) is 0.754. The maximum Gasteiger partial charge on any atom is 0.404 e. The smallest absolute Gasteiger partial charge is 0.404 e. The first-order valence-electron chi connectivity index (χ1n) is 4.87. The van der Waals surface area contributed by atoms with Crippen LogP contribution in [0.15, 0.2) is 24.3 Å². The van der Waals surface area contributed by atoms with Crippen LogP contribution in [0.5, 0.6) is 5.75 Å². The molecule has 0 fully saturated rings. The highest BCUT2D eigenvalue weighted by Crippen LogP contribution is 2.18. The predicted molar refractivity (Wildman–Crippen MR) is 57.9 cm³/mol. The maximum atomic E-state index is 10.5. The normalized spacial score (nSPS) is 13.9. The number of carbonyl (C=O) groups excluding carboxylic acids is 1. The summed E-state index contributed by atoms with van der Waals surface area (Å²) in [6.07, 6.45) is -3.01. The Labute approximate surface area is 93.8 Å². The lowest BCUT2D eigenvalue weighted by Crippen LogP contribution is -2.35. The summed E-state index contributed by atoms with van der Waals surface area (Å²) in [5.41, 5.74) is 5.71. The number of aliphatic hydroxyl groups is 1. The standard InChI is InChI=1S/C11H15NO4/c1-7-5-3-4-6-9(7)16-10(13)8(2)15-11(12)14/h3-6,8,10,13H,1-2H3,(H2,12,14)/t8-,10-/m1/s1. The molecule has 88 valence electrons. The number of carbonyl (C=O) groups is 1. The minimum absolute atomic E-state index is 0.537. The van der Waals surface area contributed by atoms with Crippen LogP contribution in [0.1, 0.15) is 12.5 Å². The van der Waals surface area contributed by atoms with Crippen molar-refractivity contribution in [2.75, 3.05) is 0 Å². The van der Waals surface area contributed by atoms with Gasteiger partial charge in [0, 0.05) is 0 Å². The fourth-order valence-corrected chi connectivity index (χ4v) is 1.16. The Hall–Kier alpha value is -1.75. The van der Waals surface area contributed by atoms with E-state index >= 15 is 0 Å². The van der Waals surface area contributed by atoms with Crippen molar-refractivity contribution in [3.63, 3.8) is 0 Å². The van der Waals surface area contributed by atoms with Crippen molar-refractivity contribution in [2.24, 2.45) is 5.73 Å². The van der Waals surface area contributed by atoms with Crippen LogP contribution in [0.3, 0.4) is 0 Å². The molecule has 0 bridgehead atoms. The van der Waals surface area contributed by atoms with E-state index in [0.717, 1.165) is 5.56 Å². The van der Waals surface area contributed by atoms with Gasteiger partial charge in [0.1, 0.15) is 5.75 Å². The molecule has 0 unspecified atom stereocenters. The van der Waals surface area contributed by atoms with E-state index in [-0.39, 0.29) is 0 Å². The molecule has 1 amide bonds. The third-order valence-corrected chi connectivity index (χ3v) is 2.04. The van der Waals surface area contributed by atoms with Gasteiger partial charge in [0.05, 0.1) is 0 Å². The molecular weight excluding hydrogens is 210 g/mol. The molecule has 0 aliphatic carbocycles. The Morgan fingerprint density at radius 3 is 2.62 bits per heavy atom. The molecule has 0 saturated heterocycles. The van der Waals surface area contributed by atoms with Crippen molar-refractivity contribution in [3.05, 3.63) is 29.8 Å². The topological polar surface area (TPSA) is 81.8 Å². The molecule has 5 nitrogen and oxygen atoms in total. The van der Waals surface area contributed by atoms with Crippen LogP contribution in [-0.2, 0) is 4.74 Å². The second-order valence-electron chi connectivity index (χ2n) is 3.42. The van der Waals surface area contributed by atoms with Gasteiger partial charge >= 0.3 is 6.09 Å². The van der Waals surface area contributed by atoms with Gasteiger partial charge in [-0.05, 0) is 25.5 Å². The Bertz CT molecular complexity index is 367. The predicted octanol–water partition coefficient (Wildman–Crippen LogP) is 1.18. The molecule has 0 aliphatic rings. The summed E-state index contributed by atoms with van der Waals surface area (Å²) < 4.78 is 9.82. The summed E-state index contributed by atoms with van der Waals surface area (Å²) in [5, 5.41) is 9.59. The van der Waals surface area contributed by atoms with Gasteiger partial charge < -0.3 is 20.3 Å². The van der Waals surface area contributed by atoms with E-state index in [0.29, 0.717) is 5.75 Å². The lowest BCUT2D eigenvalue weighted by molar-refractivity contribution is -0.0979. The van der Waals surface area contributed by atoms with Crippen molar-refractivity contribution in [1.82, 2.24) is 0 Å². The van der Waals surface area contributed by atoms with E-state index < -0.39 is 18.5 Å². The monoisotopic (exact) mass is 225 g/mol. The van der Waals surface area contributed by atoms with Gasteiger partial charge in [-0.1, -0.05) is 18.2 Å². The summed E-state index contributed by atoms with van der Waals surface area (Å²) in [4.78, 5) is 10.5. The number of hydrogen-bond donors (Lipinski definition) is 2. The van der Waals surface area contributed by atoms with E-state index in [1.54, 1.807) is 12.1 Å². The molecule has 0 aromatic heterocycles. The minimum Gasteiger partial charge on any atom is -0.461 e. The van der Waals surface area contributed by atoms with Gasteiger partial charge in [0.25, 0.3) is 0 Å². The van der Waals surface area contributed by atoms with Crippen molar-refractivity contribution in [2.45, 2.75) is 26.2 Å². The minimum atomic E-state index is -1.24. The third kappa shape index (κ3) is 3.43. The second-order valence-corrected chi connectivity index (χ2v) is 3.42.